The Balaban J connectivity index is 1.54. The lowest BCUT2D eigenvalue weighted by Crippen LogP contribution is -2.36. The number of ether oxygens (including phenoxy) is 3. The van der Waals surface area contributed by atoms with Gasteiger partial charge in [-0.1, -0.05) is 30.3 Å². The van der Waals surface area contributed by atoms with Gasteiger partial charge in [0.25, 0.3) is 11.6 Å². The largest absolute Gasteiger partial charge is 0.486 e. The Bertz CT molecular complexity index is 930. The van der Waals surface area contributed by atoms with Gasteiger partial charge in [0, 0.05) is 12.1 Å². The van der Waals surface area contributed by atoms with Gasteiger partial charge in [-0.05, 0) is 25.3 Å². The molecule has 0 radical (unpaired) electrons. The van der Waals surface area contributed by atoms with Crippen LogP contribution in [0.1, 0.15) is 29.3 Å². The molecular weight excluding hydrogens is 392 g/mol. The van der Waals surface area contributed by atoms with Crippen molar-refractivity contribution in [3.05, 3.63) is 63.7 Å². The molecule has 0 aromatic heterocycles. The van der Waals surface area contributed by atoms with Crippen LogP contribution in [0, 0.1) is 10.1 Å². The molecule has 0 bridgehead atoms. The quantitative estimate of drug-likeness (QED) is 0.401. The number of nitro benzene ring substituents is 1. The van der Waals surface area contributed by atoms with Crippen molar-refractivity contribution in [2.24, 2.45) is 0 Å². The van der Waals surface area contributed by atoms with Crippen LogP contribution in [-0.2, 0) is 16.0 Å². The zero-order chi connectivity index (χ0) is 21.5. The van der Waals surface area contributed by atoms with Gasteiger partial charge in [-0.2, -0.15) is 0 Å². The summed E-state index contributed by atoms with van der Waals surface area (Å²) in [5.41, 5.74) is 0.394. The van der Waals surface area contributed by atoms with Gasteiger partial charge in [0.1, 0.15) is 18.8 Å². The van der Waals surface area contributed by atoms with Gasteiger partial charge < -0.3 is 19.5 Å². The van der Waals surface area contributed by atoms with E-state index in [0.717, 1.165) is 24.5 Å². The van der Waals surface area contributed by atoms with E-state index in [9.17, 15) is 19.7 Å². The zero-order valence-electron chi connectivity index (χ0n) is 16.5. The number of carbonyl (C=O) groups is 2. The van der Waals surface area contributed by atoms with Crippen LogP contribution in [0.15, 0.2) is 42.5 Å². The van der Waals surface area contributed by atoms with Gasteiger partial charge in [-0.15, -0.1) is 0 Å². The van der Waals surface area contributed by atoms with Crippen LogP contribution < -0.4 is 14.8 Å². The Hall–Kier alpha value is -3.62. The van der Waals surface area contributed by atoms with E-state index in [4.69, 9.17) is 14.2 Å². The topological polar surface area (TPSA) is 117 Å². The Morgan fingerprint density at radius 3 is 2.50 bits per heavy atom. The molecule has 158 valence electrons. The van der Waals surface area contributed by atoms with Crippen molar-refractivity contribution in [2.75, 3.05) is 19.8 Å². The fourth-order valence-electron chi connectivity index (χ4n) is 3.02. The highest BCUT2D eigenvalue weighted by Gasteiger charge is 2.27. The number of nitro groups is 1. The molecule has 0 fully saturated rings. The van der Waals surface area contributed by atoms with Gasteiger partial charge in [0.05, 0.1) is 11.0 Å². The van der Waals surface area contributed by atoms with Gasteiger partial charge in [-0.3, -0.25) is 14.9 Å². The van der Waals surface area contributed by atoms with Gasteiger partial charge in [-0.25, -0.2) is 4.79 Å². The fourth-order valence-corrected chi connectivity index (χ4v) is 3.02. The summed E-state index contributed by atoms with van der Waals surface area (Å²) in [4.78, 5) is 35.0. The smallest absolute Gasteiger partial charge is 0.345 e. The van der Waals surface area contributed by atoms with Crippen LogP contribution in [-0.4, -0.2) is 42.7 Å². The summed E-state index contributed by atoms with van der Waals surface area (Å²) in [5.74, 6) is -1.05. The van der Waals surface area contributed by atoms with Crippen LogP contribution in [0.3, 0.4) is 0 Å². The van der Waals surface area contributed by atoms with E-state index in [1.165, 1.54) is 6.07 Å². The number of carbonyl (C=O) groups excluding carboxylic acids is 2. The lowest BCUT2D eigenvalue weighted by Gasteiger charge is -2.18. The molecule has 2 aromatic carbocycles. The average Bonchev–Trinajstić information content (AvgIpc) is 2.75. The number of hydrogen-bond acceptors (Lipinski definition) is 7. The van der Waals surface area contributed by atoms with Gasteiger partial charge in [0.15, 0.2) is 18.1 Å². The SMILES string of the molecule is C[C@@H](CCc1ccccc1)NC(=O)COC(=O)c1cc2c(cc1[N+](=O)[O-])OCCO2. The lowest BCUT2D eigenvalue weighted by molar-refractivity contribution is -0.385. The molecule has 1 aliphatic rings. The summed E-state index contributed by atoms with van der Waals surface area (Å²) in [6, 6.07) is 12.1. The maximum atomic E-state index is 12.4. The van der Waals surface area contributed by atoms with Crippen LogP contribution in [0.5, 0.6) is 11.5 Å². The van der Waals surface area contributed by atoms with E-state index in [1.54, 1.807) is 0 Å². The summed E-state index contributed by atoms with van der Waals surface area (Å²) in [6.07, 6.45) is 1.52. The fraction of sp³-hybridized carbons (Fsp3) is 0.333. The second kappa shape index (κ2) is 9.73. The predicted octanol–water partition coefficient (Wildman–Crippen LogP) is 2.66. The van der Waals surface area contributed by atoms with Gasteiger partial charge in [0.2, 0.25) is 0 Å². The maximum Gasteiger partial charge on any atom is 0.345 e. The normalized spacial score (nSPS) is 13.2. The highest BCUT2D eigenvalue weighted by molar-refractivity contribution is 5.96. The van der Waals surface area contributed by atoms with Crippen molar-refractivity contribution >= 4 is 17.6 Å². The number of nitrogens with zero attached hydrogens (tertiary/aromatic N) is 1. The molecule has 1 heterocycles. The second-order valence-electron chi connectivity index (χ2n) is 6.84. The number of rotatable bonds is 8. The molecule has 0 saturated carbocycles. The van der Waals surface area contributed by atoms with Crippen molar-refractivity contribution in [3.63, 3.8) is 0 Å². The third kappa shape index (κ3) is 5.47. The molecule has 0 unspecified atom stereocenters. The molecule has 1 N–H and O–H groups in total. The Morgan fingerprint density at radius 1 is 1.17 bits per heavy atom. The molecule has 9 heteroatoms. The first kappa shape index (κ1) is 21.1. The third-order valence-electron chi connectivity index (χ3n) is 4.53. The number of esters is 1. The van der Waals surface area contributed by atoms with Crippen LogP contribution >= 0.6 is 0 Å². The number of amides is 1. The van der Waals surface area contributed by atoms with Crippen molar-refractivity contribution in [2.45, 2.75) is 25.8 Å². The first-order chi connectivity index (χ1) is 14.4. The molecule has 1 amide bonds. The summed E-state index contributed by atoms with van der Waals surface area (Å²) in [5, 5.41) is 14.1. The summed E-state index contributed by atoms with van der Waals surface area (Å²) in [7, 11) is 0. The van der Waals surface area contributed by atoms with E-state index in [2.05, 4.69) is 5.32 Å². The van der Waals surface area contributed by atoms with E-state index >= 15 is 0 Å². The molecule has 0 aliphatic carbocycles. The minimum atomic E-state index is -0.981. The Labute approximate surface area is 173 Å². The minimum absolute atomic E-state index is 0.125. The van der Waals surface area contributed by atoms with E-state index < -0.39 is 29.1 Å². The molecule has 1 aliphatic heterocycles. The predicted molar refractivity (Wildman–Crippen MR) is 107 cm³/mol. The molecule has 30 heavy (non-hydrogen) atoms. The number of aryl methyl sites for hydroxylation is 1. The molecule has 2 aromatic rings. The molecule has 1 atom stereocenters. The number of benzene rings is 2. The van der Waals surface area contributed by atoms with Crippen molar-refractivity contribution in [1.82, 2.24) is 5.32 Å². The number of nitrogens with one attached hydrogen (secondary N) is 1. The zero-order valence-corrected chi connectivity index (χ0v) is 16.5. The first-order valence-electron chi connectivity index (χ1n) is 9.52. The van der Waals surface area contributed by atoms with Crippen molar-refractivity contribution < 1.29 is 28.7 Å². The maximum absolute atomic E-state index is 12.4. The molecule has 0 saturated heterocycles. The first-order valence-corrected chi connectivity index (χ1v) is 9.52. The lowest BCUT2D eigenvalue weighted by atomic mass is 10.1. The van der Waals surface area contributed by atoms with Crippen LogP contribution in [0.25, 0.3) is 0 Å². The average molecular weight is 414 g/mol. The summed E-state index contributed by atoms with van der Waals surface area (Å²) >= 11 is 0. The van der Waals surface area contributed by atoms with Crippen LogP contribution in [0.4, 0.5) is 5.69 Å². The molecule has 3 rings (SSSR count). The minimum Gasteiger partial charge on any atom is -0.486 e. The monoisotopic (exact) mass is 414 g/mol. The highest BCUT2D eigenvalue weighted by Crippen LogP contribution is 2.36. The molecular formula is C21H22N2O7. The van der Waals surface area contributed by atoms with Crippen molar-refractivity contribution in [3.8, 4) is 11.5 Å². The van der Waals surface area contributed by atoms with E-state index in [1.807, 2.05) is 37.3 Å². The Kier molecular flexibility index (Phi) is 6.84. The second-order valence-corrected chi connectivity index (χ2v) is 6.84. The van der Waals surface area contributed by atoms with Gasteiger partial charge >= 0.3 is 5.97 Å². The standard InChI is InChI=1S/C21H22N2O7/c1-14(7-8-15-5-3-2-4-6-15)22-20(24)13-30-21(25)16-11-18-19(29-10-9-28-18)12-17(16)23(26)27/h2-6,11-12,14H,7-10,13H2,1H3,(H,22,24)/t14-/m0/s1. The highest BCUT2D eigenvalue weighted by atomic mass is 16.6. The summed E-state index contributed by atoms with van der Waals surface area (Å²) in [6.45, 7) is 1.84. The number of fused-ring (bicyclic) bond motifs is 1. The van der Waals surface area contributed by atoms with E-state index in [0.29, 0.717) is 0 Å². The molecule has 9 nitrogen and oxygen atoms in total. The van der Waals surface area contributed by atoms with Crippen LogP contribution in [0.2, 0.25) is 0 Å². The van der Waals surface area contributed by atoms with Crippen molar-refractivity contribution in [1.29, 1.82) is 0 Å². The van der Waals surface area contributed by atoms with E-state index in [-0.39, 0.29) is 36.3 Å². The Morgan fingerprint density at radius 2 is 1.83 bits per heavy atom. The molecule has 0 spiro atoms. The number of hydrogen-bond donors (Lipinski definition) is 1. The summed E-state index contributed by atoms with van der Waals surface area (Å²) < 4.78 is 15.6. The third-order valence-corrected chi connectivity index (χ3v) is 4.53.